The van der Waals surface area contributed by atoms with E-state index in [1.165, 1.54) is 12.1 Å². The molecule has 0 aromatic heterocycles. The van der Waals surface area contributed by atoms with Gasteiger partial charge in [0.2, 0.25) is 5.91 Å². The number of benzene rings is 1. The molecule has 7 heteroatoms. The number of fused-ring (bicyclic) bond motifs is 1. The van der Waals surface area contributed by atoms with E-state index < -0.39 is 35.8 Å². The molecule has 3 rings (SSSR count). The van der Waals surface area contributed by atoms with E-state index >= 15 is 0 Å². The number of hydrogen-bond acceptors (Lipinski definition) is 4. The smallest absolute Gasteiger partial charge is 0.329 e. The zero-order valence-corrected chi connectivity index (χ0v) is 11.7. The molecule has 2 aliphatic rings. The Morgan fingerprint density at radius 1 is 1.14 bits per heavy atom. The van der Waals surface area contributed by atoms with Gasteiger partial charge in [0.15, 0.2) is 0 Å². The summed E-state index contributed by atoms with van der Waals surface area (Å²) in [6, 6.07) is 6.33. The Morgan fingerprint density at radius 3 is 2.09 bits per heavy atom. The van der Waals surface area contributed by atoms with Gasteiger partial charge in [-0.05, 0) is 31.4 Å². The molecule has 1 saturated carbocycles. The molecule has 0 saturated heterocycles. The van der Waals surface area contributed by atoms with Gasteiger partial charge >= 0.3 is 5.97 Å². The number of hydrogen-bond donors (Lipinski definition) is 2. The standard InChI is InChI=1S/C15H14N2O5/c18-11(16-15(14(21)22)6-3-7-15)8-17-12(19)9-4-1-2-5-10(9)13(17)20/h1-2,4-5H,3,6-8H2,(H,16,18)(H,21,22). The lowest BCUT2D eigenvalue weighted by atomic mass is 9.77. The van der Waals surface area contributed by atoms with E-state index in [-0.39, 0.29) is 11.1 Å². The molecule has 0 bridgehead atoms. The number of amides is 3. The summed E-state index contributed by atoms with van der Waals surface area (Å²) < 4.78 is 0. The summed E-state index contributed by atoms with van der Waals surface area (Å²) in [7, 11) is 0. The van der Waals surface area contributed by atoms with Crippen LogP contribution in [0.1, 0.15) is 40.0 Å². The second kappa shape index (κ2) is 4.94. The summed E-state index contributed by atoms with van der Waals surface area (Å²) in [5.41, 5.74) is -0.732. The lowest BCUT2D eigenvalue weighted by Crippen LogP contribution is -2.60. The molecule has 1 fully saturated rings. The molecule has 7 nitrogen and oxygen atoms in total. The van der Waals surface area contributed by atoms with Crippen LogP contribution in [0.25, 0.3) is 0 Å². The average Bonchev–Trinajstić information content (AvgIpc) is 2.68. The van der Waals surface area contributed by atoms with Gasteiger partial charge in [-0.1, -0.05) is 12.1 Å². The van der Waals surface area contributed by atoms with Gasteiger partial charge < -0.3 is 10.4 Å². The van der Waals surface area contributed by atoms with Crippen LogP contribution in [0.4, 0.5) is 0 Å². The van der Waals surface area contributed by atoms with Gasteiger partial charge in [0.1, 0.15) is 12.1 Å². The highest BCUT2D eigenvalue weighted by atomic mass is 16.4. The van der Waals surface area contributed by atoms with Gasteiger partial charge in [-0.25, -0.2) is 4.79 Å². The second-order valence-electron chi connectivity index (χ2n) is 5.53. The Balaban J connectivity index is 1.72. The quantitative estimate of drug-likeness (QED) is 0.784. The molecule has 2 N–H and O–H groups in total. The van der Waals surface area contributed by atoms with Gasteiger partial charge in [0, 0.05) is 0 Å². The van der Waals surface area contributed by atoms with Gasteiger partial charge in [-0.2, -0.15) is 0 Å². The maximum Gasteiger partial charge on any atom is 0.329 e. The number of carbonyl (C=O) groups excluding carboxylic acids is 3. The van der Waals surface area contributed by atoms with Crippen molar-refractivity contribution < 1.29 is 24.3 Å². The van der Waals surface area contributed by atoms with E-state index in [4.69, 9.17) is 0 Å². The minimum absolute atomic E-state index is 0.261. The molecule has 22 heavy (non-hydrogen) atoms. The second-order valence-corrected chi connectivity index (χ2v) is 5.53. The number of rotatable bonds is 4. The van der Waals surface area contributed by atoms with E-state index in [1.54, 1.807) is 12.1 Å². The molecule has 1 heterocycles. The van der Waals surface area contributed by atoms with Crippen LogP contribution in [-0.4, -0.2) is 45.8 Å². The summed E-state index contributed by atoms with van der Waals surface area (Å²) in [6.45, 7) is -0.471. The number of aliphatic carboxylic acids is 1. The molecule has 1 aromatic rings. The number of nitrogens with one attached hydrogen (secondary N) is 1. The maximum absolute atomic E-state index is 12.1. The van der Waals surface area contributed by atoms with Gasteiger partial charge in [0.05, 0.1) is 11.1 Å². The van der Waals surface area contributed by atoms with Crippen LogP contribution in [0.15, 0.2) is 24.3 Å². The van der Waals surface area contributed by atoms with Crippen molar-refractivity contribution in [1.29, 1.82) is 0 Å². The van der Waals surface area contributed by atoms with E-state index in [0.717, 1.165) is 11.3 Å². The maximum atomic E-state index is 12.1. The highest BCUT2D eigenvalue weighted by molar-refractivity contribution is 6.22. The normalized spacial score (nSPS) is 18.6. The lowest BCUT2D eigenvalue weighted by Gasteiger charge is -2.38. The zero-order chi connectivity index (χ0) is 15.9. The fourth-order valence-electron chi connectivity index (χ4n) is 2.76. The molecule has 0 unspecified atom stereocenters. The molecule has 0 atom stereocenters. The molecular weight excluding hydrogens is 288 g/mol. The van der Waals surface area contributed by atoms with Crippen LogP contribution < -0.4 is 5.32 Å². The van der Waals surface area contributed by atoms with Crippen molar-refractivity contribution in [1.82, 2.24) is 10.2 Å². The van der Waals surface area contributed by atoms with Crippen LogP contribution in [0.3, 0.4) is 0 Å². The van der Waals surface area contributed by atoms with Crippen molar-refractivity contribution in [3.8, 4) is 0 Å². The number of nitrogens with zero attached hydrogens (tertiary/aromatic N) is 1. The van der Waals surface area contributed by atoms with Crippen molar-refractivity contribution >= 4 is 23.7 Å². The molecule has 3 amide bonds. The molecule has 1 aliphatic carbocycles. The first-order valence-corrected chi connectivity index (χ1v) is 6.94. The van der Waals surface area contributed by atoms with Gasteiger partial charge in [0.25, 0.3) is 11.8 Å². The van der Waals surface area contributed by atoms with Crippen LogP contribution in [0, 0.1) is 0 Å². The summed E-state index contributed by atoms with van der Waals surface area (Å²) in [4.78, 5) is 48.4. The molecule has 114 valence electrons. The van der Waals surface area contributed by atoms with Crippen LogP contribution in [0.2, 0.25) is 0 Å². The predicted molar refractivity (Wildman–Crippen MR) is 74.2 cm³/mol. The Kier molecular flexibility index (Phi) is 3.20. The van der Waals surface area contributed by atoms with Gasteiger partial charge in [-0.3, -0.25) is 19.3 Å². The Morgan fingerprint density at radius 2 is 1.68 bits per heavy atom. The number of imide groups is 1. The first-order valence-electron chi connectivity index (χ1n) is 6.94. The number of carbonyl (C=O) groups is 4. The Bertz CT molecular complexity index is 658. The average molecular weight is 302 g/mol. The minimum atomic E-state index is -1.25. The third-order valence-electron chi connectivity index (χ3n) is 4.18. The first kappa shape index (κ1) is 14.2. The molecule has 0 radical (unpaired) electrons. The van der Waals surface area contributed by atoms with Crippen molar-refractivity contribution in [2.75, 3.05) is 6.54 Å². The van der Waals surface area contributed by atoms with E-state index in [2.05, 4.69) is 5.32 Å². The number of carboxylic acid groups (broad SMARTS) is 1. The largest absolute Gasteiger partial charge is 0.480 e. The highest BCUT2D eigenvalue weighted by Gasteiger charge is 2.46. The molecule has 1 aromatic carbocycles. The number of carboxylic acids is 1. The van der Waals surface area contributed by atoms with Gasteiger partial charge in [-0.15, -0.1) is 0 Å². The Hall–Kier alpha value is -2.70. The zero-order valence-electron chi connectivity index (χ0n) is 11.7. The summed E-state index contributed by atoms with van der Waals surface area (Å²) >= 11 is 0. The minimum Gasteiger partial charge on any atom is -0.480 e. The summed E-state index contributed by atoms with van der Waals surface area (Å²) in [5, 5.41) is 11.6. The molecule has 0 spiro atoms. The first-order chi connectivity index (χ1) is 10.4. The van der Waals surface area contributed by atoms with E-state index in [1.807, 2.05) is 0 Å². The van der Waals surface area contributed by atoms with E-state index in [0.29, 0.717) is 12.8 Å². The van der Waals surface area contributed by atoms with Crippen molar-refractivity contribution in [2.45, 2.75) is 24.8 Å². The predicted octanol–water partition coefficient (Wildman–Crippen LogP) is 0.406. The van der Waals surface area contributed by atoms with Crippen molar-refractivity contribution in [3.05, 3.63) is 35.4 Å². The van der Waals surface area contributed by atoms with Crippen molar-refractivity contribution in [3.63, 3.8) is 0 Å². The monoisotopic (exact) mass is 302 g/mol. The molecular formula is C15H14N2O5. The summed E-state index contributed by atoms with van der Waals surface area (Å²) in [5.74, 6) is -2.80. The third kappa shape index (κ3) is 2.05. The third-order valence-corrected chi connectivity index (χ3v) is 4.18. The SMILES string of the molecule is O=C(CN1C(=O)c2ccccc2C1=O)NC1(C(=O)O)CCC1. The van der Waals surface area contributed by atoms with Crippen LogP contribution in [0.5, 0.6) is 0 Å². The van der Waals surface area contributed by atoms with Crippen LogP contribution in [-0.2, 0) is 9.59 Å². The Labute approximate surface area is 125 Å². The summed E-state index contributed by atoms with van der Waals surface area (Å²) in [6.07, 6.45) is 1.44. The topological polar surface area (TPSA) is 104 Å². The fraction of sp³-hybridized carbons (Fsp3) is 0.333. The van der Waals surface area contributed by atoms with Crippen molar-refractivity contribution in [2.24, 2.45) is 0 Å². The van der Waals surface area contributed by atoms with Crippen LogP contribution >= 0.6 is 0 Å². The molecule has 1 aliphatic heterocycles. The lowest BCUT2D eigenvalue weighted by molar-refractivity contribution is -0.151. The fourth-order valence-corrected chi connectivity index (χ4v) is 2.76. The van der Waals surface area contributed by atoms with E-state index in [9.17, 15) is 24.3 Å². The highest BCUT2D eigenvalue weighted by Crippen LogP contribution is 2.32.